The van der Waals surface area contributed by atoms with Gasteiger partial charge in [0.25, 0.3) is 0 Å². The number of aliphatic imine (C=N–C) groups is 1. The van der Waals surface area contributed by atoms with E-state index in [1.807, 2.05) is 20.8 Å². The largest absolute Gasteiger partial charge is 0.357 e. The first-order valence-corrected chi connectivity index (χ1v) is 9.35. The van der Waals surface area contributed by atoms with Crippen LogP contribution in [0.2, 0.25) is 0 Å². The number of nitrogens with zero attached hydrogens (tertiary/aromatic N) is 2. The molecule has 0 unspecified atom stereocenters. The Labute approximate surface area is 129 Å². The topological polar surface area (TPSA) is 73.8 Å². The van der Waals surface area contributed by atoms with Crippen molar-refractivity contribution in [3.05, 3.63) is 0 Å². The second kappa shape index (κ2) is 6.52. The Bertz CT molecular complexity index is 483. The van der Waals surface area contributed by atoms with Gasteiger partial charge in [-0.1, -0.05) is 13.8 Å². The minimum Gasteiger partial charge on any atom is -0.357 e. The Morgan fingerprint density at radius 2 is 2.00 bits per heavy atom. The predicted molar refractivity (Wildman–Crippen MR) is 88.0 cm³/mol. The first-order valence-electron chi connectivity index (χ1n) is 7.46. The SMILES string of the molecule is CCNC(=NCC(C)(C)NS(C)(=O)=O)N1CCC(C)(C)C1. The van der Waals surface area contributed by atoms with Gasteiger partial charge in [-0.2, -0.15) is 0 Å². The highest BCUT2D eigenvalue weighted by molar-refractivity contribution is 7.88. The van der Waals surface area contributed by atoms with E-state index in [0.29, 0.717) is 12.0 Å². The highest BCUT2D eigenvalue weighted by Crippen LogP contribution is 2.28. The van der Waals surface area contributed by atoms with Gasteiger partial charge in [0, 0.05) is 25.2 Å². The van der Waals surface area contributed by atoms with Crippen LogP contribution in [0.5, 0.6) is 0 Å². The van der Waals surface area contributed by atoms with E-state index in [9.17, 15) is 8.42 Å². The summed E-state index contributed by atoms with van der Waals surface area (Å²) < 4.78 is 25.4. The quantitative estimate of drug-likeness (QED) is 0.586. The van der Waals surface area contributed by atoms with Crippen LogP contribution in [0.1, 0.15) is 41.0 Å². The van der Waals surface area contributed by atoms with Crippen molar-refractivity contribution < 1.29 is 8.42 Å². The van der Waals surface area contributed by atoms with Crippen LogP contribution in [0.4, 0.5) is 0 Å². The van der Waals surface area contributed by atoms with Crippen LogP contribution in [0, 0.1) is 5.41 Å². The fraction of sp³-hybridized carbons (Fsp3) is 0.929. The molecule has 0 aromatic heterocycles. The van der Waals surface area contributed by atoms with E-state index >= 15 is 0 Å². The van der Waals surface area contributed by atoms with Crippen molar-refractivity contribution in [2.75, 3.05) is 32.4 Å². The summed E-state index contributed by atoms with van der Waals surface area (Å²) in [5, 5.41) is 3.30. The average molecular weight is 318 g/mol. The summed E-state index contributed by atoms with van der Waals surface area (Å²) in [5.74, 6) is 0.867. The highest BCUT2D eigenvalue weighted by atomic mass is 32.2. The lowest BCUT2D eigenvalue weighted by Crippen LogP contribution is -2.47. The molecule has 0 aromatic rings. The Kier molecular flexibility index (Phi) is 5.66. The molecule has 124 valence electrons. The lowest BCUT2D eigenvalue weighted by molar-refractivity contribution is 0.368. The average Bonchev–Trinajstić information content (AvgIpc) is 2.61. The van der Waals surface area contributed by atoms with E-state index in [-0.39, 0.29) is 0 Å². The normalized spacial score (nSPS) is 19.9. The van der Waals surface area contributed by atoms with Gasteiger partial charge < -0.3 is 10.2 Å². The van der Waals surface area contributed by atoms with E-state index in [2.05, 4.69) is 33.8 Å². The third-order valence-corrected chi connectivity index (χ3v) is 4.32. The number of likely N-dealkylation sites (tertiary alicyclic amines) is 1. The summed E-state index contributed by atoms with van der Waals surface area (Å²) in [7, 11) is -3.23. The molecule has 2 N–H and O–H groups in total. The van der Waals surface area contributed by atoms with Crippen LogP contribution < -0.4 is 10.0 Å². The number of nitrogens with one attached hydrogen (secondary N) is 2. The molecule has 1 aliphatic rings. The Morgan fingerprint density at radius 1 is 1.38 bits per heavy atom. The fourth-order valence-corrected chi connectivity index (χ4v) is 3.59. The van der Waals surface area contributed by atoms with Gasteiger partial charge in [-0.05, 0) is 32.6 Å². The first kappa shape index (κ1) is 18.2. The van der Waals surface area contributed by atoms with E-state index < -0.39 is 15.6 Å². The van der Waals surface area contributed by atoms with Crippen molar-refractivity contribution in [3.63, 3.8) is 0 Å². The third-order valence-electron chi connectivity index (χ3n) is 3.40. The van der Waals surface area contributed by atoms with Gasteiger partial charge in [0.1, 0.15) is 0 Å². The molecule has 0 spiro atoms. The maximum Gasteiger partial charge on any atom is 0.209 e. The zero-order chi connectivity index (χ0) is 16.3. The maximum absolute atomic E-state index is 11.4. The lowest BCUT2D eigenvalue weighted by atomic mass is 9.93. The van der Waals surface area contributed by atoms with Crippen LogP contribution >= 0.6 is 0 Å². The monoisotopic (exact) mass is 318 g/mol. The minimum atomic E-state index is -3.23. The molecule has 6 nitrogen and oxygen atoms in total. The molecule has 1 fully saturated rings. The molecule has 7 heteroatoms. The summed E-state index contributed by atoms with van der Waals surface area (Å²) in [4.78, 5) is 6.87. The number of hydrogen-bond donors (Lipinski definition) is 2. The van der Waals surface area contributed by atoms with Gasteiger partial charge in [-0.3, -0.25) is 4.99 Å². The molecule has 0 radical (unpaired) electrons. The standard InChI is InChI=1S/C14H30N4O2S/c1-7-15-12(18-9-8-13(2,3)11-18)16-10-14(4,5)17-21(6,19)20/h17H,7-11H2,1-6H3,(H,15,16). The molecule has 21 heavy (non-hydrogen) atoms. The van der Waals surface area contributed by atoms with Crippen LogP contribution in [-0.4, -0.2) is 57.3 Å². The number of hydrogen-bond acceptors (Lipinski definition) is 3. The molecule has 0 amide bonds. The van der Waals surface area contributed by atoms with Crippen molar-refractivity contribution in [2.45, 2.75) is 46.6 Å². The zero-order valence-corrected chi connectivity index (χ0v) is 15.0. The smallest absolute Gasteiger partial charge is 0.209 e. The predicted octanol–water partition coefficient (Wildman–Crippen LogP) is 1.01. The molecule has 1 aliphatic heterocycles. The van der Waals surface area contributed by atoms with Crippen LogP contribution in [0.3, 0.4) is 0 Å². The van der Waals surface area contributed by atoms with Crippen molar-refractivity contribution in [1.29, 1.82) is 0 Å². The van der Waals surface area contributed by atoms with E-state index in [0.717, 1.165) is 32.0 Å². The minimum absolute atomic E-state index is 0.302. The summed E-state index contributed by atoms with van der Waals surface area (Å²) in [6.07, 6.45) is 2.31. The Morgan fingerprint density at radius 3 is 2.43 bits per heavy atom. The van der Waals surface area contributed by atoms with E-state index in [4.69, 9.17) is 0 Å². The summed E-state index contributed by atoms with van der Waals surface area (Å²) in [6, 6.07) is 0. The lowest BCUT2D eigenvalue weighted by Gasteiger charge is -2.27. The molecular formula is C14H30N4O2S. The van der Waals surface area contributed by atoms with Crippen molar-refractivity contribution in [3.8, 4) is 0 Å². The van der Waals surface area contributed by atoms with Crippen LogP contribution in [0.25, 0.3) is 0 Å². The Hall–Kier alpha value is -0.820. The number of sulfonamides is 1. The molecule has 1 heterocycles. The molecule has 0 aromatic carbocycles. The second-order valence-corrected chi connectivity index (χ2v) is 9.01. The maximum atomic E-state index is 11.4. The van der Waals surface area contributed by atoms with Crippen LogP contribution in [0.15, 0.2) is 4.99 Å². The molecular weight excluding hydrogens is 288 g/mol. The third kappa shape index (κ3) is 6.65. The zero-order valence-electron chi connectivity index (χ0n) is 14.2. The van der Waals surface area contributed by atoms with Gasteiger partial charge in [0.05, 0.1) is 12.8 Å². The van der Waals surface area contributed by atoms with Crippen LogP contribution in [-0.2, 0) is 10.0 Å². The van der Waals surface area contributed by atoms with Gasteiger partial charge in [0.2, 0.25) is 10.0 Å². The van der Waals surface area contributed by atoms with Crippen molar-refractivity contribution in [2.24, 2.45) is 10.4 Å². The summed E-state index contributed by atoms with van der Waals surface area (Å²) in [6.45, 7) is 13.4. The van der Waals surface area contributed by atoms with E-state index in [1.54, 1.807) is 0 Å². The van der Waals surface area contributed by atoms with Crippen molar-refractivity contribution >= 4 is 16.0 Å². The molecule has 0 bridgehead atoms. The van der Waals surface area contributed by atoms with E-state index in [1.165, 1.54) is 6.26 Å². The van der Waals surface area contributed by atoms with Gasteiger partial charge in [-0.15, -0.1) is 0 Å². The number of guanidine groups is 1. The van der Waals surface area contributed by atoms with Gasteiger partial charge in [0.15, 0.2) is 5.96 Å². The van der Waals surface area contributed by atoms with Gasteiger partial charge in [-0.25, -0.2) is 13.1 Å². The highest BCUT2D eigenvalue weighted by Gasteiger charge is 2.31. The molecule has 0 atom stereocenters. The molecule has 0 aliphatic carbocycles. The van der Waals surface area contributed by atoms with Crippen molar-refractivity contribution in [1.82, 2.24) is 14.9 Å². The molecule has 1 saturated heterocycles. The Balaban J connectivity index is 2.77. The second-order valence-electron chi connectivity index (χ2n) is 7.26. The number of rotatable bonds is 5. The van der Waals surface area contributed by atoms with Gasteiger partial charge >= 0.3 is 0 Å². The fourth-order valence-electron chi connectivity index (χ4n) is 2.53. The molecule has 1 rings (SSSR count). The summed E-state index contributed by atoms with van der Waals surface area (Å²) >= 11 is 0. The summed E-state index contributed by atoms with van der Waals surface area (Å²) in [5.41, 5.74) is -0.291. The first-order chi connectivity index (χ1) is 9.44. The molecule has 0 saturated carbocycles.